The number of unbranched alkanes of at least 4 members (excludes halogenated alkanes) is 1. The zero-order chi connectivity index (χ0) is 25.8. The Morgan fingerprint density at radius 3 is 2.32 bits per heavy atom. The summed E-state index contributed by atoms with van der Waals surface area (Å²) in [7, 11) is 1.29. The summed E-state index contributed by atoms with van der Waals surface area (Å²) in [6, 6.07) is 1.01. The van der Waals surface area contributed by atoms with Gasteiger partial charge < -0.3 is 19.5 Å². The first-order valence-electron chi connectivity index (χ1n) is 11.1. The molecule has 34 heavy (non-hydrogen) atoms. The fourth-order valence-corrected chi connectivity index (χ4v) is 3.18. The highest BCUT2D eigenvalue weighted by Crippen LogP contribution is 2.16. The van der Waals surface area contributed by atoms with E-state index in [1.807, 2.05) is 20.8 Å². The van der Waals surface area contributed by atoms with Crippen LogP contribution in [0.3, 0.4) is 0 Å². The van der Waals surface area contributed by atoms with Gasteiger partial charge in [-0.05, 0) is 13.3 Å². The normalized spacial score (nSPS) is 10.2. The first-order valence-corrected chi connectivity index (χ1v) is 11.1. The minimum absolute atomic E-state index is 0.0528. The molecule has 0 unspecified atom stereocenters. The van der Waals surface area contributed by atoms with Crippen molar-refractivity contribution in [2.24, 2.45) is 0 Å². The van der Waals surface area contributed by atoms with Crippen molar-refractivity contribution in [3.8, 4) is 5.75 Å². The predicted molar refractivity (Wildman–Crippen MR) is 123 cm³/mol. The number of hydrogen-bond acceptors (Lipinski definition) is 4. The number of halogens is 3. The number of nitrogens with zero attached hydrogens (tertiary/aromatic N) is 2. The molecule has 0 saturated heterocycles. The van der Waals surface area contributed by atoms with Gasteiger partial charge in [0.2, 0.25) is 11.8 Å². The van der Waals surface area contributed by atoms with Gasteiger partial charge in [0.05, 0.1) is 12.8 Å². The Bertz CT molecular complexity index is 1020. The van der Waals surface area contributed by atoms with E-state index in [0.29, 0.717) is 37.5 Å². The van der Waals surface area contributed by atoms with Crippen molar-refractivity contribution in [2.45, 2.75) is 53.6 Å². The number of benzene rings is 1. The summed E-state index contributed by atoms with van der Waals surface area (Å²) in [5.41, 5.74) is -1.04. The Morgan fingerprint density at radius 1 is 1.18 bits per heavy atom. The number of rotatable bonds is 11. The molecule has 188 valence electrons. The molecule has 0 aliphatic heterocycles. The van der Waals surface area contributed by atoms with E-state index in [1.165, 1.54) is 13.3 Å². The van der Waals surface area contributed by atoms with E-state index in [-0.39, 0.29) is 11.3 Å². The number of methoxy groups -OCH3 is 1. The molecule has 1 heterocycles. The largest absolute Gasteiger partial charge is 0.491 e. The van der Waals surface area contributed by atoms with Gasteiger partial charge in [0.1, 0.15) is 23.0 Å². The molecule has 10 heteroatoms. The fraction of sp³-hybridized carbons (Fsp3) is 0.458. The Kier molecular flexibility index (Phi) is 11.9. The van der Waals surface area contributed by atoms with Gasteiger partial charge in [-0.1, -0.05) is 27.2 Å². The number of hydrogen-bond donors (Lipinski definition) is 1. The summed E-state index contributed by atoms with van der Waals surface area (Å²) in [6.45, 7) is 8.30. The number of carbonyl (C=O) groups excluding carboxylic acids is 2. The number of ether oxygens (including phenoxy) is 1. The van der Waals surface area contributed by atoms with Gasteiger partial charge in [0.15, 0.2) is 5.75 Å². The molecule has 2 rings (SSSR count). The number of nitrogens with one attached hydrogen (secondary N) is 1. The molecule has 0 aliphatic rings. The van der Waals surface area contributed by atoms with Gasteiger partial charge in [-0.3, -0.25) is 14.4 Å². The van der Waals surface area contributed by atoms with Crippen LogP contribution in [-0.2, 0) is 17.9 Å². The van der Waals surface area contributed by atoms with E-state index in [4.69, 9.17) is 4.74 Å². The summed E-state index contributed by atoms with van der Waals surface area (Å²) in [6.07, 6.45) is 3.82. The van der Waals surface area contributed by atoms with E-state index in [0.717, 1.165) is 19.3 Å². The van der Waals surface area contributed by atoms with Crippen molar-refractivity contribution < 1.29 is 27.5 Å². The van der Waals surface area contributed by atoms with E-state index in [1.54, 1.807) is 16.4 Å². The Balaban J connectivity index is 0.00000281. The Morgan fingerprint density at radius 2 is 1.79 bits per heavy atom. The summed E-state index contributed by atoms with van der Waals surface area (Å²) < 4.78 is 47.5. The molecule has 2 amide bonds. The molecule has 0 saturated carbocycles. The fourth-order valence-electron chi connectivity index (χ4n) is 3.18. The Labute approximate surface area is 197 Å². The highest BCUT2D eigenvalue weighted by molar-refractivity contribution is 5.94. The average Bonchev–Trinajstić information content (AvgIpc) is 2.81. The lowest BCUT2D eigenvalue weighted by Crippen LogP contribution is -2.32. The molecule has 0 atom stereocenters. The lowest BCUT2D eigenvalue weighted by atomic mass is 10.1. The number of carbonyl (C=O) groups is 2. The SMILES string of the molecule is CC.CCCCN(C=O)CCn1cc(C(=O)NCc2c(F)cc(F)cc2F)c(=O)c(OC)c1C. The first-order chi connectivity index (χ1) is 16.2. The van der Waals surface area contributed by atoms with Crippen LogP contribution in [-0.4, -0.2) is 42.0 Å². The van der Waals surface area contributed by atoms with Gasteiger partial charge >= 0.3 is 0 Å². The zero-order valence-electron chi connectivity index (χ0n) is 20.2. The molecule has 0 aliphatic carbocycles. The maximum absolute atomic E-state index is 13.8. The van der Waals surface area contributed by atoms with Crippen molar-refractivity contribution in [1.82, 2.24) is 14.8 Å². The average molecular weight is 484 g/mol. The van der Waals surface area contributed by atoms with Crippen LogP contribution in [0.4, 0.5) is 13.2 Å². The third kappa shape index (κ3) is 7.36. The van der Waals surface area contributed by atoms with Crippen LogP contribution in [0.5, 0.6) is 5.75 Å². The molecule has 0 radical (unpaired) electrons. The molecule has 0 spiro atoms. The number of aromatic nitrogens is 1. The topological polar surface area (TPSA) is 80.6 Å². The third-order valence-electron chi connectivity index (χ3n) is 5.05. The summed E-state index contributed by atoms with van der Waals surface area (Å²) in [5.74, 6) is -4.30. The van der Waals surface area contributed by atoms with Gasteiger partial charge in [-0.25, -0.2) is 13.2 Å². The van der Waals surface area contributed by atoms with Gasteiger partial charge in [0, 0.05) is 50.1 Å². The van der Waals surface area contributed by atoms with E-state index < -0.39 is 40.9 Å². The van der Waals surface area contributed by atoms with Crippen LogP contribution < -0.4 is 15.5 Å². The maximum atomic E-state index is 13.8. The van der Waals surface area contributed by atoms with Crippen LogP contribution in [0, 0.1) is 24.4 Å². The zero-order valence-corrected chi connectivity index (χ0v) is 20.2. The monoisotopic (exact) mass is 483 g/mol. The summed E-state index contributed by atoms with van der Waals surface area (Å²) in [5, 5.41) is 2.28. The Hall–Kier alpha value is -3.30. The third-order valence-corrected chi connectivity index (χ3v) is 5.05. The van der Waals surface area contributed by atoms with Crippen LogP contribution in [0.1, 0.15) is 55.2 Å². The molecule has 1 aromatic carbocycles. The lowest BCUT2D eigenvalue weighted by Gasteiger charge is -2.20. The van der Waals surface area contributed by atoms with Crippen LogP contribution >= 0.6 is 0 Å². The second-order valence-corrected chi connectivity index (χ2v) is 7.21. The van der Waals surface area contributed by atoms with Crippen molar-refractivity contribution in [3.05, 3.63) is 62.8 Å². The van der Waals surface area contributed by atoms with Crippen molar-refractivity contribution >= 4 is 12.3 Å². The first kappa shape index (κ1) is 28.7. The van der Waals surface area contributed by atoms with Crippen molar-refractivity contribution in [1.29, 1.82) is 0 Å². The van der Waals surface area contributed by atoms with Crippen molar-refractivity contribution in [2.75, 3.05) is 20.2 Å². The summed E-state index contributed by atoms with van der Waals surface area (Å²) >= 11 is 0. The highest BCUT2D eigenvalue weighted by atomic mass is 19.1. The molecule has 2 aromatic rings. The molecular formula is C24H32F3N3O4. The van der Waals surface area contributed by atoms with Crippen LogP contribution in [0.2, 0.25) is 0 Å². The molecule has 1 N–H and O–H groups in total. The molecule has 7 nitrogen and oxygen atoms in total. The molecule has 0 fully saturated rings. The van der Waals surface area contributed by atoms with E-state index >= 15 is 0 Å². The molecular weight excluding hydrogens is 451 g/mol. The maximum Gasteiger partial charge on any atom is 0.257 e. The summed E-state index contributed by atoms with van der Waals surface area (Å²) in [4.78, 5) is 38.2. The smallest absolute Gasteiger partial charge is 0.257 e. The van der Waals surface area contributed by atoms with Crippen LogP contribution in [0.15, 0.2) is 23.1 Å². The number of pyridine rings is 1. The molecule has 1 aromatic heterocycles. The van der Waals surface area contributed by atoms with Gasteiger partial charge in [-0.2, -0.15) is 0 Å². The van der Waals surface area contributed by atoms with Crippen molar-refractivity contribution in [3.63, 3.8) is 0 Å². The quantitative estimate of drug-likeness (QED) is 0.493. The number of amides is 2. The van der Waals surface area contributed by atoms with E-state index in [2.05, 4.69) is 5.32 Å². The van der Waals surface area contributed by atoms with Crippen LogP contribution in [0.25, 0.3) is 0 Å². The van der Waals surface area contributed by atoms with E-state index in [9.17, 15) is 27.6 Å². The standard InChI is InChI=1S/C22H26F3N3O4.C2H6/c1-4-5-6-27(13-29)7-8-28-12-17(20(30)21(32-3)14(28)2)22(31)26-11-16-18(24)9-15(23)10-19(16)25;1-2/h9-10,12-13H,4-8,11H2,1-3H3,(H,26,31);1-2H3. The minimum atomic E-state index is -1.15. The minimum Gasteiger partial charge on any atom is -0.491 e. The highest BCUT2D eigenvalue weighted by Gasteiger charge is 2.20. The van der Waals surface area contributed by atoms with Gasteiger partial charge in [-0.15, -0.1) is 0 Å². The predicted octanol–water partition coefficient (Wildman–Crippen LogP) is 3.80. The second kappa shape index (κ2) is 14.1. The lowest BCUT2D eigenvalue weighted by molar-refractivity contribution is -0.118. The molecule has 0 bridgehead atoms. The van der Waals surface area contributed by atoms with Gasteiger partial charge in [0.25, 0.3) is 5.91 Å². The second-order valence-electron chi connectivity index (χ2n) is 7.21.